The van der Waals surface area contributed by atoms with E-state index in [0.29, 0.717) is 5.92 Å². The number of halogens is 1. The third-order valence-electron chi connectivity index (χ3n) is 3.22. The van der Waals surface area contributed by atoms with Crippen molar-refractivity contribution < 1.29 is 4.79 Å². The number of amides is 1. The Bertz CT molecular complexity index is 410. The lowest BCUT2D eigenvalue weighted by molar-refractivity contribution is -0.122. The highest BCUT2D eigenvalue weighted by Crippen LogP contribution is 2.47. The predicted octanol–water partition coefficient (Wildman–Crippen LogP) is 2.79. The summed E-state index contributed by atoms with van der Waals surface area (Å²) in [5.41, 5.74) is 2.16. The first-order valence-electron chi connectivity index (χ1n) is 4.84. The molecule has 4 rings (SSSR count). The van der Waals surface area contributed by atoms with Gasteiger partial charge in [0.05, 0.1) is 0 Å². The van der Waals surface area contributed by atoms with Crippen molar-refractivity contribution in [3.05, 3.63) is 28.8 Å². The molecular formula is C11H10ClNO. The maximum Gasteiger partial charge on any atom is 0.227 e. The molecule has 1 aliphatic carbocycles. The molecule has 0 radical (unpaired) electrons. The number of carbonyl (C=O) groups is 1. The number of anilines is 1. The molecule has 2 bridgehead atoms. The normalized spacial score (nSPS) is 28.5. The second-order valence-electron chi connectivity index (χ2n) is 4.09. The van der Waals surface area contributed by atoms with Crippen molar-refractivity contribution in [2.45, 2.75) is 18.8 Å². The molecule has 2 nitrogen and oxygen atoms in total. The molecule has 72 valence electrons. The monoisotopic (exact) mass is 207 g/mol. The highest BCUT2D eigenvalue weighted by atomic mass is 35.5. The number of rotatable bonds is 0. The molecule has 3 aliphatic rings. The van der Waals surface area contributed by atoms with Crippen LogP contribution in [0.4, 0.5) is 5.69 Å². The summed E-state index contributed by atoms with van der Waals surface area (Å²) in [4.78, 5) is 11.6. The molecule has 1 fully saturated rings. The SMILES string of the molecule is O=C1Nc2ccc(Cl)cc2C2CC1C2. The van der Waals surface area contributed by atoms with Crippen LogP contribution in [0.3, 0.4) is 0 Å². The van der Waals surface area contributed by atoms with Gasteiger partial charge in [-0.05, 0) is 42.5 Å². The molecule has 1 aromatic carbocycles. The number of carbonyl (C=O) groups excluding carboxylic acids is 1. The zero-order valence-electron chi connectivity index (χ0n) is 7.59. The number of benzene rings is 1. The molecule has 0 aromatic heterocycles. The quantitative estimate of drug-likeness (QED) is 0.697. The Morgan fingerprint density at radius 3 is 2.86 bits per heavy atom. The van der Waals surface area contributed by atoms with E-state index in [-0.39, 0.29) is 11.8 Å². The molecule has 2 heterocycles. The van der Waals surface area contributed by atoms with Crippen LogP contribution in [0.25, 0.3) is 0 Å². The molecule has 0 saturated heterocycles. The second kappa shape index (κ2) is 2.74. The Hall–Kier alpha value is -1.02. The Balaban J connectivity index is 2.12. The molecule has 1 N–H and O–H groups in total. The van der Waals surface area contributed by atoms with Gasteiger partial charge in [-0.2, -0.15) is 0 Å². The summed E-state index contributed by atoms with van der Waals surface area (Å²) < 4.78 is 0. The minimum atomic E-state index is 0.169. The van der Waals surface area contributed by atoms with Crippen molar-refractivity contribution in [1.29, 1.82) is 0 Å². The van der Waals surface area contributed by atoms with E-state index in [0.717, 1.165) is 23.6 Å². The van der Waals surface area contributed by atoms with Crippen molar-refractivity contribution in [1.82, 2.24) is 0 Å². The largest absolute Gasteiger partial charge is 0.326 e. The van der Waals surface area contributed by atoms with E-state index >= 15 is 0 Å². The van der Waals surface area contributed by atoms with Crippen molar-refractivity contribution in [2.24, 2.45) is 5.92 Å². The van der Waals surface area contributed by atoms with E-state index in [1.807, 2.05) is 18.2 Å². The average Bonchev–Trinajstić information content (AvgIpc) is 2.26. The summed E-state index contributed by atoms with van der Waals surface area (Å²) in [6, 6.07) is 5.70. The van der Waals surface area contributed by atoms with Gasteiger partial charge in [-0.25, -0.2) is 0 Å². The van der Waals surface area contributed by atoms with Crippen LogP contribution in [0, 0.1) is 5.92 Å². The Labute approximate surface area is 87.3 Å². The van der Waals surface area contributed by atoms with Crippen LogP contribution < -0.4 is 5.32 Å². The van der Waals surface area contributed by atoms with Crippen LogP contribution in [0.2, 0.25) is 5.02 Å². The van der Waals surface area contributed by atoms with Crippen LogP contribution >= 0.6 is 11.6 Å². The topological polar surface area (TPSA) is 29.1 Å². The zero-order chi connectivity index (χ0) is 9.71. The number of hydrogen-bond acceptors (Lipinski definition) is 1. The van der Waals surface area contributed by atoms with Gasteiger partial charge in [-0.15, -0.1) is 0 Å². The van der Waals surface area contributed by atoms with E-state index in [9.17, 15) is 4.79 Å². The van der Waals surface area contributed by atoms with Crippen molar-refractivity contribution in [3.8, 4) is 0 Å². The summed E-state index contributed by atoms with van der Waals surface area (Å²) in [6.45, 7) is 0. The van der Waals surface area contributed by atoms with Crippen LogP contribution in [0.1, 0.15) is 24.3 Å². The summed E-state index contributed by atoms with van der Waals surface area (Å²) in [7, 11) is 0. The van der Waals surface area contributed by atoms with Gasteiger partial charge in [0, 0.05) is 16.6 Å². The first-order valence-corrected chi connectivity index (χ1v) is 5.22. The molecule has 0 atom stereocenters. The summed E-state index contributed by atoms with van der Waals surface area (Å²) in [6.07, 6.45) is 1.97. The minimum absolute atomic E-state index is 0.169. The van der Waals surface area contributed by atoms with E-state index in [4.69, 9.17) is 11.6 Å². The first kappa shape index (κ1) is 8.30. The van der Waals surface area contributed by atoms with Gasteiger partial charge < -0.3 is 5.32 Å². The molecule has 1 amide bonds. The minimum Gasteiger partial charge on any atom is -0.326 e. The fraction of sp³-hybridized carbons (Fsp3) is 0.364. The third-order valence-corrected chi connectivity index (χ3v) is 3.46. The fourth-order valence-electron chi connectivity index (χ4n) is 2.31. The summed E-state index contributed by atoms with van der Waals surface area (Å²) in [5.74, 6) is 0.932. The van der Waals surface area contributed by atoms with Crippen molar-refractivity contribution in [3.63, 3.8) is 0 Å². The highest BCUT2D eigenvalue weighted by molar-refractivity contribution is 6.30. The average molecular weight is 208 g/mol. The summed E-state index contributed by atoms with van der Waals surface area (Å²) >= 11 is 5.94. The van der Waals surface area contributed by atoms with E-state index in [1.165, 1.54) is 5.56 Å². The van der Waals surface area contributed by atoms with E-state index in [1.54, 1.807) is 0 Å². The lowest BCUT2D eigenvalue weighted by Gasteiger charge is -2.30. The zero-order valence-corrected chi connectivity index (χ0v) is 8.34. The lowest BCUT2D eigenvalue weighted by Crippen LogP contribution is -2.29. The van der Waals surface area contributed by atoms with Gasteiger partial charge in [0.15, 0.2) is 0 Å². The van der Waals surface area contributed by atoms with Crippen LogP contribution in [0.5, 0.6) is 0 Å². The first-order chi connectivity index (χ1) is 6.74. The van der Waals surface area contributed by atoms with Gasteiger partial charge >= 0.3 is 0 Å². The van der Waals surface area contributed by atoms with E-state index in [2.05, 4.69) is 5.32 Å². The number of nitrogens with one attached hydrogen (secondary N) is 1. The van der Waals surface area contributed by atoms with Crippen molar-refractivity contribution in [2.75, 3.05) is 5.32 Å². The second-order valence-corrected chi connectivity index (χ2v) is 4.52. The van der Waals surface area contributed by atoms with Crippen LogP contribution in [0.15, 0.2) is 18.2 Å². The fourth-order valence-corrected chi connectivity index (χ4v) is 2.49. The summed E-state index contributed by atoms with van der Waals surface area (Å²) in [5, 5.41) is 3.70. The molecule has 1 saturated carbocycles. The molecule has 1 aromatic rings. The lowest BCUT2D eigenvalue weighted by atomic mass is 9.72. The highest BCUT2D eigenvalue weighted by Gasteiger charge is 2.39. The van der Waals surface area contributed by atoms with Gasteiger partial charge in [0.1, 0.15) is 0 Å². The number of fused-ring (bicyclic) bond motifs is 1. The molecule has 0 unspecified atom stereocenters. The van der Waals surface area contributed by atoms with Gasteiger partial charge in [-0.3, -0.25) is 4.79 Å². The van der Waals surface area contributed by atoms with Gasteiger partial charge in [0.2, 0.25) is 5.91 Å². The Morgan fingerprint density at radius 1 is 1.29 bits per heavy atom. The van der Waals surface area contributed by atoms with Crippen LogP contribution in [-0.2, 0) is 4.79 Å². The third kappa shape index (κ3) is 1.07. The Morgan fingerprint density at radius 2 is 2.07 bits per heavy atom. The molecule has 0 spiro atoms. The van der Waals surface area contributed by atoms with Gasteiger partial charge in [-0.1, -0.05) is 11.6 Å². The van der Waals surface area contributed by atoms with Crippen LogP contribution in [-0.4, -0.2) is 5.91 Å². The smallest absolute Gasteiger partial charge is 0.227 e. The van der Waals surface area contributed by atoms with Crippen molar-refractivity contribution >= 4 is 23.2 Å². The standard InChI is InChI=1S/C11H10ClNO/c12-8-1-2-10-9(5-8)6-3-7(4-6)11(14)13-10/h1-2,5-7H,3-4H2,(H,13,14). The molecule has 3 heteroatoms. The number of hydrogen-bond donors (Lipinski definition) is 1. The maximum absolute atomic E-state index is 11.6. The molecule has 14 heavy (non-hydrogen) atoms. The predicted molar refractivity (Wildman–Crippen MR) is 55.5 cm³/mol. The van der Waals surface area contributed by atoms with Gasteiger partial charge in [0.25, 0.3) is 0 Å². The maximum atomic E-state index is 11.6. The van der Waals surface area contributed by atoms with E-state index < -0.39 is 0 Å². The molecule has 2 aliphatic heterocycles. The molecular weight excluding hydrogens is 198 g/mol. The Kier molecular flexibility index (Phi) is 1.62.